The van der Waals surface area contributed by atoms with Crippen molar-refractivity contribution in [2.45, 2.75) is 24.8 Å². The fourth-order valence-electron chi connectivity index (χ4n) is 3.35. The summed E-state index contributed by atoms with van der Waals surface area (Å²) in [5, 5.41) is 7.13. The van der Waals surface area contributed by atoms with E-state index in [1.165, 1.54) is 5.69 Å². The number of piperidine rings is 1. The molecule has 1 amide bonds. The third-order valence-electron chi connectivity index (χ3n) is 4.65. The van der Waals surface area contributed by atoms with E-state index in [2.05, 4.69) is 21.2 Å². The van der Waals surface area contributed by atoms with Crippen molar-refractivity contribution < 1.29 is 4.79 Å². The topological polar surface area (TPSA) is 52.2 Å². The maximum absolute atomic E-state index is 12.7. The quantitative estimate of drug-likeness (QED) is 0.943. The van der Waals surface area contributed by atoms with E-state index < -0.39 is 0 Å². The summed E-state index contributed by atoms with van der Waals surface area (Å²) in [6.07, 6.45) is 3.91. The van der Waals surface area contributed by atoms with E-state index in [0.29, 0.717) is 5.92 Å². The standard InChI is InChI=1S/C18H24N4O/c1-21(2)18(23)17(15-6-4-3-5-7-15)22-12-9-14(10-13-22)16-8-11-19-20-16/h3-8,11,14,17H,9-10,12-13H2,1-2H3,(H,19,20)/t17-/m1/s1. The van der Waals surface area contributed by atoms with Gasteiger partial charge < -0.3 is 4.90 Å². The lowest BCUT2D eigenvalue weighted by Gasteiger charge is -2.37. The van der Waals surface area contributed by atoms with Crippen LogP contribution >= 0.6 is 0 Å². The number of likely N-dealkylation sites (tertiary alicyclic amines) is 1. The molecule has 1 aliphatic rings. The van der Waals surface area contributed by atoms with Gasteiger partial charge in [0.2, 0.25) is 5.91 Å². The van der Waals surface area contributed by atoms with Crippen LogP contribution in [0.1, 0.15) is 36.1 Å². The maximum atomic E-state index is 12.7. The third kappa shape index (κ3) is 3.45. The molecule has 1 aliphatic heterocycles. The van der Waals surface area contributed by atoms with E-state index in [4.69, 9.17) is 0 Å². The number of nitrogens with zero attached hydrogens (tertiary/aromatic N) is 3. The van der Waals surface area contributed by atoms with Crippen LogP contribution in [0.25, 0.3) is 0 Å². The van der Waals surface area contributed by atoms with Crippen LogP contribution in [0.5, 0.6) is 0 Å². The molecule has 0 radical (unpaired) electrons. The van der Waals surface area contributed by atoms with Gasteiger partial charge in [-0.3, -0.25) is 14.8 Å². The van der Waals surface area contributed by atoms with Gasteiger partial charge in [0.15, 0.2) is 0 Å². The highest BCUT2D eigenvalue weighted by Crippen LogP contribution is 2.32. The normalized spacial score (nSPS) is 17.8. The summed E-state index contributed by atoms with van der Waals surface area (Å²) in [5.41, 5.74) is 2.28. The molecule has 1 N–H and O–H groups in total. The third-order valence-corrected chi connectivity index (χ3v) is 4.65. The monoisotopic (exact) mass is 312 g/mol. The first kappa shape index (κ1) is 15.7. The molecule has 1 saturated heterocycles. The van der Waals surface area contributed by atoms with Crippen LogP contribution in [0.4, 0.5) is 0 Å². The summed E-state index contributed by atoms with van der Waals surface area (Å²) in [6, 6.07) is 12.0. The summed E-state index contributed by atoms with van der Waals surface area (Å²) in [7, 11) is 3.66. The van der Waals surface area contributed by atoms with Crippen LogP contribution in [-0.2, 0) is 4.79 Å². The van der Waals surface area contributed by atoms with Crippen LogP contribution < -0.4 is 0 Å². The Labute approximate surface area is 137 Å². The summed E-state index contributed by atoms with van der Waals surface area (Å²) >= 11 is 0. The molecule has 5 nitrogen and oxygen atoms in total. The van der Waals surface area contributed by atoms with Crippen LogP contribution in [0.3, 0.4) is 0 Å². The summed E-state index contributed by atoms with van der Waals surface area (Å²) in [6.45, 7) is 1.84. The Kier molecular flexibility index (Phi) is 4.76. The Hall–Kier alpha value is -2.14. The predicted octanol–water partition coefficient (Wildman–Crippen LogP) is 2.42. The Morgan fingerprint density at radius 1 is 1.22 bits per heavy atom. The number of aromatic nitrogens is 2. The molecule has 1 aromatic heterocycles. The number of amides is 1. The van der Waals surface area contributed by atoms with E-state index in [1.54, 1.807) is 4.90 Å². The number of H-pyrrole nitrogens is 1. The van der Waals surface area contributed by atoms with Crippen LogP contribution in [0.2, 0.25) is 0 Å². The zero-order chi connectivity index (χ0) is 16.2. The second-order valence-corrected chi connectivity index (χ2v) is 6.37. The van der Waals surface area contributed by atoms with E-state index in [9.17, 15) is 4.79 Å². The number of aromatic amines is 1. The molecule has 23 heavy (non-hydrogen) atoms. The lowest BCUT2D eigenvalue weighted by molar-refractivity contribution is -0.135. The molecule has 1 fully saturated rings. The van der Waals surface area contributed by atoms with Gasteiger partial charge in [0.1, 0.15) is 6.04 Å². The van der Waals surface area contributed by atoms with Crippen LogP contribution in [-0.4, -0.2) is 53.1 Å². The molecule has 2 heterocycles. The minimum Gasteiger partial charge on any atom is -0.347 e. The first-order chi connectivity index (χ1) is 11.2. The van der Waals surface area contributed by atoms with E-state index in [-0.39, 0.29) is 11.9 Å². The Morgan fingerprint density at radius 3 is 2.48 bits per heavy atom. The van der Waals surface area contributed by atoms with Crippen molar-refractivity contribution in [3.63, 3.8) is 0 Å². The molecule has 0 bridgehead atoms. The molecule has 1 atom stereocenters. The number of rotatable bonds is 4. The molecule has 2 aromatic rings. The van der Waals surface area contributed by atoms with Gasteiger partial charge in [-0.05, 0) is 37.6 Å². The van der Waals surface area contributed by atoms with Gasteiger partial charge in [0.25, 0.3) is 0 Å². The highest BCUT2D eigenvalue weighted by molar-refractivity contribution is 5.82. The summed E-state index contributed by atoms with van der Waals surface area (Å²) < 4.78 is 0. The highest BCUT2D eigenvalue weighted by atomic mass is 16.2. The fraction of sp³-hybridized carbons (Fsp3) is 0.444. The van der Waals surface area contributed by atoms with Gasteiger partial charge in [-0.15, -0.1) is 0 Å². The zero-order valence-electron chi connectivity index (χ0n) is 13.8. The second-order valence-electron chi connectivity index (χ2n) is 6.37. The second kappa shape index (κ2) is 6.96. The maximum Gasteiger partial charge on any atom is 0.244 e. The average molecular weight is 312 g/mol. The Bertz CT molecular complexity index is 616. The van der Waals surface area contributed by atoms with Crippen molar-refractivity contribution in [2.24, 2.45) is 0 Å². The SMILES string of the molecule is CN(C)C(=O)[C@@H](c1ccccc1)N1CCC(c2ccn[nH]2)CC1. The van der Waals surface area contributed by atoms with Crippen molar-refractivity contribution in [2.75, 3.05) is 27.2 Å². The Balaban J connectivity index is 1.75. The largest absolute Gasteiger partial charge is 0.347 e. The Morgan fingerprint density at radius 2 is 1.91 bits per heavy atom. The lowest BCUT2D eigenvalue weighted by Crippen LogP contribution is -2.43. The van der Waals surface area contributed by atoms with Crippen molar-refractivity contribution in [3.8, 4) is 0 Å². The van der Waals surface area contributed by atoms with Crippen molar-refractivity contribution in [3.05, 3.63) is 53.9 Å². The average Bonchev–Trinajstić information content (AvgIpc) is 3.11. The molecule has 0 saturated carbocycles. The number of carbonyl (C=O) groups excluding carboxylic acids is 1. The number of benzene rings is 1. The van der Waals surface area contributed by atoms with Gasteiger partial charge >= 0.3 is 0 Å². The zero-order valence-corrected chi connectivity index (χ0v) is 13.8. The highest BCUT2D eigenvalue weighted by Gasteiger charge is 2.32. The van der Waals surface area contributed by atoms with Gasteiger partial charge in [0, 0.05) is 31.9 Å². The molecular formula is C18H24N4O. The number of hydrogen-bond acceptors (Lipinski definition) is 3. The minimum absolute atomic E-state index is 0.149. The fourth-order valence-corrected chi connectivity index (χ4v) is 3.35. The van der Waals surface area contributed by atoms with Gasteiger partial charge in [-0.25, -0.2) is 0 Å². The minimum atomic E-state index is -0.186. The summed E-state index contributed by atoms with van der Waals surface area (Å²) in [5.74, 6) is 0.663. The van der Waals surface area contributed by atoms with Gasteiger partial charge in [-0.1, -0.05) is 30.3 Å². The van der Waals surface area contributed by atoms with Crippen molar-refractivity contribution in [1.29, 1.82) is 0 Å². The molecule has 1 aromatic carbocycles. The van der Waals surface area contributed by atoms with Crippen molar-refractivity contribution >= 4 is 5.91 Å². The number of carbonyl (C=O) groups is 1. The molecule has 0 unspecified atom stereocenters. The number of nitrogens with one attached hydrogen (secondary N) is 1. The number of hydrogen-bond donors (Lipinski definition) is 1. The van der Waals surface area contributed by atoms with Gasteiger partial charge in [0.05, 0.1) is 0 Å². The first-order valence-corrected chi connectivity index (χ1v) is 8.16. The van der Waals surface area contributed by atoms with Crippen molar-refractivity contribution in [1.82, 2.24) is 20.0 Å². The molecular weight excluding hydrogens is 288 g/mol. The predicted molar refractivity (Wildman–Crippen MR) is 90.0 cm³/mol. The van der Waals surface area contributed by atoms with Crippen LogP contribution in [0.15, 0.2) is 42.6 Å². The first-order valence-electron chi connectivity index (χ1n) is 8.16. The summed E-state index contributed by atoms with van der Waals surface area (Å²) in [4.78, 5) is 16.7. The van der Waals surface area contributed by atoms with E-state index in [0.717, 1.165) is 31.5 Å². The van der Waals surface area contributed by atoms with E-state index >= 15 is 0 Å². The molecule has 122 valence electrons. The van der Waals surface area contributed by atoms with Gasteiger partial charge in [-0.2, -0.15) is 5.10 Å². The smallest absolute Gasteiger partial charge is 0.244 e. The lowest BCUT2D eigenvalue weighted by atomic mass is 9.91. The van der Waals surface area contributed by atoms with E-state index in [1.807, 2.05) is 50.6 Å². The number of likely N-dealkylation sites (N-methyl/N-ethyl adjacent to an activating group) is 1. The molecule has 0 aliphatic carbocycles. The molecule has 5 heteroatoms. The van der Waals surface area contributed by atoms with Crippen LogP contribution in [0, 0.1) is 0 Å². The molecule has 0 spiro atoms. The molecule has 3 rings (SSSR count).